The fourth-order valence-corrected chi connectivity index (χ4v) is 4.12. The molecule has 2 nitrogen and oxygen atoms in total. The number of ether oxygens (including phenoxy) is 2. The normalized spacial score (nSPS) is 18.9. The third kappa shape index (κ3) is 5.98. The molecule has 0 atom stereocenters. The number of methoxy groups -OCH3 is 2. The summed E-state index contributed by atoms with van der Waals surface area (Å²) in [7, 11) is 2.98. The Kier molecular flexibility index (Phi) is 8.21. The van der Waals surface area contributed by atoms with Crippen LogP contribution in [-0.4, -0.2) is 14.2 Å². The standard InChI is InChI=1S/C28H29F3O2/c1-18(26(29)17-19(2)32-3)5-6-20-7-9-21(10-8-20)24-15-16-25(28(31)27(24)30)22-11-13-23(33-4)14-12-22/h5-6,11-17,20-21H,1-2,7-10H2,3-4H3/b6-5+,26-17+. The molecule has 0 spiro atoms. The second-order valence-corrected chi connectivity index (χ2v) is 8.22. The molecule has 0 aromatic heterocycles. The number of halogens is 3. The number of hydrogen-bond donors (Lipinski definition) is 0. The van der Waals surface area contributed by atoms with E-state index in [1.165, 1.54) is 13.2 Å². The maximum absolute atomic E-state index is 15.0. The third-order valence-corrected chi connectivity index (χ3v) is 6.15. The van der Waals surface area contributed by atoms with E-state index >= 15 is 0 Å². The highest BCUT2D eigenvalue weighted by Crippen LogP contribution is 2.39. The summed E-state index contributed by atoms with van der Waals surface area (Å²) in [5, 5.41) is 0. The van der Waals surface area contributed by atoms with Crippen molar-refractivity contribution in [2.24, 2.45) is 5.92 Å². The molecule has 0 radical (unpaired) electrons. The van der Waals surface area contributed by atoms with Gasteiger partial charge in [-0.1, -0.05) is 49.6 Å². The highest BCUT2D eigenvalue weighted by atomic mass is 19.2. The Morgan fingerprint density at radius 1 is 0.939 bits per heavy atom. The van der Waals surface area contributed by atoms with Gasteiger partial charge in [0, 0.05) is 17.2 Å². The maximum atomic E-state index is 15.0. The average Bonchev–Trinajstić information content (AvgIpc) is 2.84. The second kappa shape index (κ2) is 11.1. The highest BCUT2D eigenvalue weighted by molar-refractivity contribution is 5.65. The summed E-state index contributed by atoms with van der Waals surface area (Å²) in [6.07, 6.45) is 7.88. The van der Waals surface area contributed by atoms with Crippen molar-refractivity contribution in [2.75, 3.05) is 14.2 Å². The Morgan fingerprint density at radius 3 is 2.21 bits per heavy atom. The van der Waals surface area contributed by atoms with Crippen molar-refractivity contribution in [1.29, 1.82) is 0 Å². The van der Waals surface area contributed by atoms with Crippen molar-refractivity contribution >= 4 is 0 Å². The Hall–Kier alpha value is -3.21. The molecule has 0 amide bonds. The van der Waals surface area contributed by atoms with Crippen LogP contribution in [0.3, 0.4) is 0 Å². The topological polar surface area (TPSA) is 18.5 Å². The van der Waals surface area contributed by atoms with Crippen molar-refractivity contribution < 1.29 is 22.6 Å². The van der Waals surface area contributed by atoms with Crippen molar-refractivity contribution in [3.8, 4) is 16.9 Å². The van der Waals surface area contributed by atoms with Gasteiger partial charge in [0.05, 0.1) is 14.2 Å². The lowest BCUT2D eigenvalue weighted by atomic mass is 9.78. The molecule has 174 valence electrons. The van der Waals surface area contributed by atoms with Crippen LogP contribution in [0.15, 0.2) is 84.9 Å². The van der Waals surface area contributed by atoms with E-state index in [9.17, 15) is 13.2 Å². The van der Waals surface area contributed by atoms with E-state index in [4.69, 9.17) is 9.47 Å². The first-order valence-corrected chi connectivity index (χ1v) is 10.9. The molecule has 33 heavy (non-hydrogen) atoms. The molecule has 0 bridgehead atoms. The van der Waals surface area contributed by atoms with E-state index in [1.807, 2.05) is 6.08 Å². The Balaban J connectivity index is 1.64. The van der Waals surface area contributed by atoms with Gasteiger partial charge in [0.2, 0.25) is 0 Å². The van der Waals surface area contributed by atoms with Gasteiger partial charge in [-0.15, -0.1) is 0 Å². The molecule has 0 aliphatic heterocycles. The van der Waals surface area contributed by atoms with Gasteiger partial charge in [0.25, 0.3) is 0 Å². The average molecular weight is 455 g/mol. The number of allylic oxidation sites excluding steroid dienone is 5. The predicted octanol–water partition coefficient (Wildman–Crippen LogP) is 8.04. The minimum atomic E-state index is -0.823. The summed E-state index contributed by atoms with van der Waals surface area (Å²) in [5.41, 5.74) is 1.50. The monoisotopic (exact) mass is 454 g/mol. The summed E-state index contributed by atoms with van der Waals surface area (Å²) < 4.78 is 53.8. The fourth-order valence-electron chi connectivity index (χ4n) is 4.12. The van der Waals surface area contributed by atoms with E-state index < -0.39 is 17.5 Å². The molecule has 0 saturated heterocycles. The summed E-state index contributed by atoms with van der Waals surface area (Å²) in [6.45, 7) is 7.29. The van der Waals surface area contributed by atoms with Crippen LogP contribution in [0.5, 0.6) is 5.75 Å². The molecule has 1 aliphatic rings. The van der Waals surface area contributed by atoms with Gasteiger partial charge in [0.1, 0.15) is 17.3 Å². The third-order valence-electron chi connectivity index (χ3n) is 6.15. The summed E-state index contributed by atoms with van der Waals surface area (Å²) in [6, 6.07) is 10.2. The first-order chi connectivity index (χ1) is 15.8. The minimum Gasteiger partial charge on any atom is -0.497 e. The molecule has 5 heteroatoms. The van der Waals surface area contributed by atoms with Crippen molar-refractivity contribution in [3.63, 3.8) is 0 Å². The molecule has 2 aromatic rings. The molecule has 2 aromatic carbocycles. The first kappa shape index (κ1) is 24.4. The SMILES string of the molecule is C=C(/C=C(/F)C(=C)/C=C/C1CCC(c2ccc(-c3ccc(OC)cc3)c(F)c2F)CC1)OC. The van der Waals surface area contributed by atoms with Gasteiger partial charge in [-0.2, -0.15) is 0 Å². The van der Waals surface area contributed by atoms with Gasteiger partial charge < -0.3 is 9.47 Å². The highest BCUT2D eigenvalue weighted by Gasteiger charge is 2.25. The molecule has 0 unspecified atom stereocenters. The summed E-state index contributed by atoms with van der Waals surface area (Å²) in [5.74, 6) is -1.03. The van der Waals surface area contributed by atoms with Crippen LogP contribution in [0.4, 0.5) is 13.2 Å². The van der Waals surface area contributed by atoms with Gasteiger partial charge >= 0.3 is 0 Å². The zero-order chi connectivity index (χ0) is 24.0. The van der Waals surface area contributed by atoms with Gasteiger partial charge in [0.15, 0.2) is 11.6 Å². The van der Waals surface area contributed by atoms with E-state index in [0.717, 1.165) is 25.7 Å². The van der Waals surface area contributed by atoms with Crippen LogP contribution in [0, 0.1) is 17.6 Å². The lowest BCUT2D eigenvalue weighted by Gasteiger charge is -2.27. The zero-order valence-corrected chi connectivity index (χ0v) is 19.0. The van der Waals surface area contributed by atoms with Crippen molar-refractivity contribution in [3.05, 3.63) is 102 Å². The molecule has 0 heterocycles. The van der Waals surface area contributed by atoms with E-state index in [2.05, 4.69) is 13.2 Å². The van der Waals surface area contributed by atoms with Gasteiger partial charge in [-0.05, 0) is 60.8 Å². The molecule has 0 N–H and O–H groups in total. The number of hydrogen-bond acceptors (Lipinski definition) is 2. The lowest BCUT2D eigenvalue weighted by molar-refractivity contribution is 0.307. The van der Waals surface area contributed by atoms with Gasteiger partial charge in [-0.3, -0.25) is 0 Å². The van der Waals surface area contributed by atoms with Crippen LogP contribution in [0.2, 0.25) is 0 Å². The predicted molar refractivity (Wildman–Crippen MR) is 127 cm³/mol. The molecule has 1 aliphatic carbocycles. The van der Waals surface area contributed by atoms with Gasteiger partial charge in [-0.25, -0.2) is 13.2 Å². The Labute approximate surface area is 193 Å². The molecule has 1 fully saturated rings. The lowest BCUT2D eigenvalue weighted by Crippen LogP contribution is -2.13. The van der Waals surface area contributed by atoms with E-state index in [0.29, 0.717) is 16.9 Å². The van der Waals surface area contributed by atoms with Crippen LogP contribution < -0.4 is 4.74 Å². The number of rotatable bonds is 8. The first-order valence-electron chi connectivity index (χ1n) is 10.9. The summed E-state index contributed by atoms with van der Waals surface area (Å²) in [4.78, 5) is 0. The quantitative estimate of drug-likeness (QED) is 0.297. The van der Waals surface area contributed by atoms with Crippen LogP contribution >= 0.6 is 0 Å². The molecule has 1 saturated carbocycles. The van der Waals surface area contributed by atoms with Crippen LogP contribution in [0.25, 0.3) is 11.1 Å². The minimum absolute atomic E-state index is 0.0427. The smallest absolute Gasteiger partial charge is 0.166 e. The van der Waals surface area contributed by atoms with Crippen LogP contribution in [-0.2, 0) is 4.74 Å². The molecule has 3 rings (SSSR count). The second-order valence-electron chi connectivity index (χ2n) is 8.22. The largest absolute Gasteiger partial charge is 0.497 e. The molecular weight excluding hydrogens is 425 g/mol. The Morgan fingerprint density at radius 2 is 1.61 bits per heavy atom. The van der Waals surface area contributed by atoms with Crippen LogP contribution in [0.1, 0.15) is 37.2 Å². The van der Waals surface area contributed by atoms with E-state index in [-0.39, 0.29) is 28.7 Å². The van der Waals surface area contributed by atoms with E-state index in [1.54, 1.807) is 49.6 Å². The Bertz CT molecular complexity index is 1060. The summed E-state index contributed by atoms with van der Waals surface area (Å²) >= 11 is 0. The zero-order valence-electron chi connectivity index (χ0n) is 19.0. The number of benzene rings is 2. The van der Waals surface area contributed by atoms with Crippen molar-refractivity contribution in [1.82, 2.24) is 0 Å². The van der Waals surface area contributed by atoms with Crippen molar-refractivity contribution in [2.45, 2.75) is 31.6 Å². The maximum Gasteiger partial charge on any atom is 0.166 e. The molecular formula is C28H29F3O2. The fraction of sp³-hybridized carbons (Fsp3) is 0.286.